The van der Waals surface area contributed by atoms with E-state index in [1.54, 1.807) is 6.20 Å². The third-order valence-electron chi connectivity index (χ3n) is 2.23. The van der Waals surface area contributed by atoms with E-state index in [2.05, 4.69) is 26.3 Å². The number of anilines is 2. The van der Waals surface area contributed by atoms with Gasteiger partial charge in [-0.3, -0.25) is 4.68 Å². The predicted molar refractivity (Wildman–Crippen MR) is 69.3 cm³/mol. The van der Waals surface area contributed by atoms with Crippen molar-refractivity contribution in [3.05, 3.63) is 41.1 Å². The molecule has 3 N–H and O–H groups in total. The maximum absolute atomic E-state index is 5.87. The van der Waals surface area contributed by atoms with Crippen molar-refractivity contribution < 1.29 is 0 Å². The van der Waals surface area contributed by atoms with Crippen molar-refractivity contribution >= 4 is 27.3 Å². The molecular weight excluding hydrogens is 268 g/mol. The lowest BCUT2D eigenvalue weighted by Crippen LogP contribution is -2.11. The lowest BCUT2D eigenvalue weighted by Gasteiger charge is -2.09. The van der Waals surface area contributed by atoms with Crippen LogP contribution in [0.5, 0.6) is 0 Å². The number of hydrogen-bond acceptors (Lipinski definition) is 3. The van der Waals surface area contributed by atoms with Gasteiger partial charge in [-0.1, -0.05) is 15.9 Å². The van der Waals surface area contributed by atoms with Crippen LogP contribution in [0.15, 0.2) is 41.1 Å². The summed E-state index contributed by atoms with van der Waals surface area (Å²) in [6.07, 6.45) is 3.71. The van der Waals surface area contributed by atoms with Crippen molar-refractivity contribution in [1.29, 1.82) is 0 Å². The van der Waals surface area contributed by atoms with Gasteiger partial charge in [-0.25, -0.2) is 0 Å². The predicted octanol–water partition coefficient (Wildman–Crippen LogP) is 2.34. The van der Waals surface area contributed by atoms with E-state index in [1.165, 1.54) is 0 Å². The summed E-state index contributed by atoms with van der Waals surface area (Å²) >= 11 is 3.37. The topological polar surface area (TPSA) is 55.9 Å². The van der Waals surface area contributed by atoms with E-state index in [9.17, 15) is 0 Å². The Balaban J connectivity index is 1.90. The average molecular weight is 281 g/mol. The molecule has 0 saturated carbocycles. The van der Waals surface area contributed by atoms with Gasteiger partial charge in [0.1, 0.15) is 0 Å². The number of hydrogen-bond donors (Lipinski definition) is 2. The van der Waals surface area contributed by atoms with Crippen molar-refractivity contribution in [3.63, 3.8) is 0 Å². The molecule has 1 aromatic heterocycles. The van der Waals surface area contributed by atoms with Gasteiger partial charge in [0.25, 0.3) is 0 Å². The molecule has 0 atom stereocenters. The van der Waals surface area contributed by atoms with Crippen LogP contribution in [0.1, 0.15) is 0 Å². The van der Waals surface area contributed by atoms with E-state index in [0.29, 0.717) is 0 Å². The molecule has 4 nitrogen and oxygen atoms in total. The zero-order valence-electron chi connectivity index (χ0n) is 8.73. The molecule has 1 aromatic carbocycles. The molecule has 1 heterocycles. The Morgan fingerprint density at radius 2 is 2.31 bits per heavy atom. The van der Waals surface area contributed by atoms with Crippen molar-refractivity contribution in [1.82, 2.24) is 9.78 Å². The van der Waals surface area contributed by atoms with E-state index >= 15 is 0 Å². The quantitative estimate of drug-likeness (QED) is 0.846. The van der Waals surface area contributed by atoms with Crippen LogP contribution in [0.4, 0.5) is 11.4 Å². The highest BCUT2D eigenvalue weighted by molar-refractivity contribution is 9.10. The van der Waals surface area contributed by atoms with Crippen LogP contribution in [-0.4, -0.2) is 16.3 Å². The molecule has 0 unspecified atom stereocenters. The number of nitrogens with two attached hydrogens (primary N) is 1. The second-order valence-corrected chi connectivity index (χ2v) is 4.34. The Hall–Kier alpha value is -1.49. The Kier molecular flexibility index (Phi) is 3.46. The molecule has 0 radical (unpaired) electrons. The minimum Gasteiger partial charge on any atom is -0.397 e. The highest BCUT2D eigenvalue weighted by Crippen LogP contribution is 2.22. The summed E-state index contributed by atoms with van der Waals surface area (Å²) in [5.74, 6) is 0. The number of nitrogens with zero attached hydrogens (tertiary/aromatic N) is 2. The summed E-state index contributed by atoms with van der Waals surface area (Å²) in [6.45, 7) is 1.62. The van der Waals surface area contributed by atoms with Crippen LogP contribution in [0.3, 0.4) is 0 Å². The van der Waals surface area contributed by atoms with Gasteiger partial charge in [-0.05, 0) is 24.3 Å². The molecule has 0 amide bonds. The fourth-order valence-corrected chi connectivity index (χ4v) is 1.81. The molecule has 0 aliphatic rings. The van der Waals surface area contributed by atoms with Crippen LogP contribution in [-0.2, 0) is 6.54 Å². The fraction of sp³-hybridized carbons (Fsp3) is 0.182. The van der Waals surface area contributed by atoms with Crippen LogP contribution < -0.4 is 11.1 Å². The van der Waals surface area contributed by atoms with Gasteiger partial charge in [-0.15, -0.1) is 0 Å². The molecule has 0 aliphatic carbocycles. The number of benzene rings is 1. The Morgan fingerprint density at radius 1 is 1.44 bits per heavy atom. The van der Waals surface area contributed by atoms with Crippen molar-refractivity contribution in [2.24, 2.45) is 0 Å². The number of nitrogen functional groups attached to an aromatic ring is 1. The van der Waals surface area contributed by atoms with Gasteiger partial charge in [0.15, 0.2) is 0 Å². The van der Waals surface area contributed by atoms with Crippen LogP contribution in [0.2, 0.25) is 0 Å². The second kappa shape index (κ2) is 5.03. The maximum atomic E-state index is 5.87. The van der Waals surface area contributed by atoms with Crippen LogP contribution in [0, 0.1) is 0 Å². The first-order chi connectivity index (χ1) is 7.75. The Labute approximate surface area is 103 Å². The van der Waals surface area contributed by atoms with Crippen LogP contribution >= 0.6 is 15.9 Å². The third kappa shape index (κ3) is 2.76. The summed E-state index contributed by atoms with van der Waals surface area (Å²) in [7, 11) is 0. The standard InChI is InChI=1S/C11H13BrN4/c12-9-2-3-11(10(13)8-9)14-5-7-16-6-1-4-15-16/h1-4,6,8,14H,5,7,13H2. The lowest BCUT2D eigenvalue weighted by molar-refractivity contribution is 0.638. The van der Waals surface area contributed by atoms with Crippen molar-refractivity contribution in [3.8, 4) is 0 Å². The van der Waals surface area contributed by atoms with Crippen molar-refractivity contribution in [2.75, 3.05) is 17.6 Å². The molecule has 2 rings (SSSR count). The molecule has 0 bridgehead atoms. The summed E-state index contributed by atoms with van der Waals surface area (Å²) < 4.78 is 2.87. The normalized spacial score (nSPS) is 10.3. The summed E-state index contributed by atoms with van der Waals surface area (Å²) in [5.41, 5.74) is 7.57. The van der Waals surface area contributed by atoms with E-state index in [4.69, 9.17) is 5.73 Å². The monoisotopic (exact) mass is 280 g/mol. The molecule has 0 spiro atoms. The van der Waals surface area contributed by atoms with Gasteiger partial charge in [0.05, 0.1) is 17.9 Å². The fourth-order valence-electron chi connectivity index (χ4n) is 1.43. The zero-order valence-corrected chi connectivity index (χ0v) is 10.3. The third-order valence-corrected chi connectivity index (χ3v) is 2.72. The largest absolute Gasteiger partial charge is 0.397 e. The first-order valence-corrected chi connectivity index (χ1v) is 5.81. The van der Waals surface area contributed by atoms with Crippen molar-refractivity contribution in [2.45, 2.75) is 6.54 Å². The minimum absolute atomic E-state index is 0.745. The smallest absolute Gasteiger partial charge is 0.0582 e. The van der Waals surface area contributed by atoms with Crippen LogP contribution in [0.25, 0.3) is 0 Å². The van der Waals surface area contributed by atoms with E-state index in [1.807, 2.05) is 35.1 Å². The first kappa shape index (κ1) is 11.0. The Morgan fingerprint density at radius 3 is 3.00 bits per heavy atom. The van der Waals surface area contributed by atoms with E-state index in [-0.39, 0.29) is 0 Å². The molecule has 0 aliphatic heterocycles. The van der Waals surface area contributed by atoms with E-state index in [0.717, 1.165) is 28.9 Å². The van der Waals surface area contributed by atoms with Gasteiger partial charge >= 0.3 is 0 Å². The molecule has 84 valence electrons. The molecule has 16 heavy (non-hydrogen) atoms. The highest BCUT2D eigenvalue weighted by Gasteiger charge is 1.98. The molecule has 2 aromatic rings. The van der Waals surface area contributed by atoms with Gasteiger partial charge < -0.3 is 11.1 Å². The zero-order chi connectivity index (χ0) is 11.4. The second-order valence-electron chi connectivity index (χ2n) is 3.43. The molecule has 5 heteroatoms. The molecule has 0 fully saturated rings. The minimum atomic E-state index is 0.745. The summed E-state index contributed by atoms with van der Waals surface area (Å²) in [4.78, 5) is 0. The molecule has 0 saturated heterocycles. The Bertz CT molecular complexity index is 453. The van der Waals surface area contributed by atoms with Gasteiger partial charge in [0, 0.05) is 23.4 Å². The van der Waals surface area contributed by atoms with Gasteiger partial charge in [-0.2, -0.15) is 5.10 Å². The average Bonchev–Trinajstić information content (AvgIpc) is 2.74. The SMILES string of the molecule is Nc1cc(Br)ccc1NCCn1cccn1. The number of halogens is 1. The highest BCUT2D eigenvalue weighted by atomic mass is 79.9. The maximum Gasteiger partial charge on any atom is 0.0582 e. The molecular formula is C11H13BrN4. The van der Waals surface area contributed by atoms with Gasteiger partial charge in [0.2, 0.25) is 0 Å². The van der Waals surface area contributed by atoms with E-state index < -0.39 is 0 Å². The number of nitrogens with one attached hydrogen (secondary N) is 1. The summed E-state index contributed by atoms with van der Waals surface area (Å²) in [6, 6.07) is 7.72. The lowest BCUT2D eigenvalue weighted by atomic mass is 10.3. The summed E-state index contributed by atoms with van der Waals surface area (Å²) in [5, 5.41) is 7.39. The first-order valence-electron chi connectivity index (χ1n) is 5.02. The number of rotatable bonds is 4. The number of aromatic nitrogens is 2.